The first-order valence-corrected chi connectivity index (χ1v) is 5.08. The van der Waals surface area contributed by atoms with Gasteiger partial charge in [-0.15, -0.1) is 0 Å². The Morgan fingerprint density at radius 2 is 2.00 bits per heavy atom. The van der Waals surface area contributed by atoms with Crippen LogP contribution in [0.5, 0.6) is 0 Å². The smallest absolute Gasteiger partial charge is 0.341 e. The van der Waals surface area contributed by atoms with Gasteiger partial charge in [0.2, 0.25) is 0 Å². The molecular weight excluding hydrogens is 246 g/mol. The van der Waals surface area contributed by atoms with Crippen LogP contribution in [0.3, 0.4) is 0 Å². The molecule has 2 N–H and O–H groups in total. The number of aliphatic hydroxyl groups excluding tert-OH is 1. The fourth-order valence-corrected chi connectivity index (χ4v) is 1.53. The minimum atomic E-state index is -1.20. The summed E-state index contributed by atoms with van der Waals surface area (Å²) in [6, 6.07) is 6.38. The zero-order valence-electron chi connectivity index (χ0n) is 8.50. The highest BCUT2D eigenvalue weighted by Gasteiger charge is 2.22. The second-order valence-corrected chi connectivity index (χ2v) is 3.81. The van der Waals surface area contributed by atoms with Crippen molar-refractivity contribution in [2.24, 2.45) is 0 Å². The van der Waals surface area contributed by atoms with Gasteiger partial charge in [0.1, 0.15) is 23.6 Å². The van der Waals surface area contributed by atoms with Gasteiger partial charge in [-0.25, -0.2) is 4.79 Å². The van der Waals surface area contributed by atoms with Gasteiger partial charge in [0.05, 0.1) is 0 Å². The van der Waals surface area contributed by atoms with Gasteiger partial charge in [0, 0.05) is 5.02 Å². The predicted octanol–water partition coefficient (Wildman–Crippen LogP) is 2.11. The first-order chi connectivity index (χ1) is 8.09. The van der Waals surface area contributed by atoms with Crippen LogP contribution in [0.1, 0.15) is 27.7 Å². The van der Waals surface area contributed by atoms with Gasteiger partial charge < -0.3 is 14.7 Å². The number of carboxylic acid groups (broad SMARTS) is 1. The van der Waals surface area contributed by atoms with Gasteiger partial charge in [-0.2, -0.15) is 0 Å². The van der Waals surface area contributed by atoms with E-state index in [2.05, 4.69) is 9.68 Å². The summed E-state index contributed by atoms with van der Waals surface area (Å²) in [6.45, 7) is 0. The quantitative estimate of drug-likeness (QED) is 0.875. The number of carboxylic acids is 1. The van der Waals surface area contributed by atoms with E-state index >= 15 is 0 Å². The monoisotopic (exact) mass is 253 g/mol. The average molecular weight is 254 g/mol. The van der Waals surface area contributed by atoms with Gasteiger partial charge >= 0.3 is 5.97 Å². The van der Waals surface area contributed by atoms with Crippen LogP contribution in [0.25, 0.3) is 0 Å². The third-order valence-electron chi connectivity index (χ3n) is 2.27. The first-order valence-electron chi connectivity index (χ1n) is 4.70. The number of aromatic carboxylic acids is 1. The molecule has 1 heterocycles. The van der Waals surface area contributed by atoms with E-state index in [1.54, 1.807) is 24.3 Å². The van der Waals surface area contributed by atoms with Crippen molar-refractivity contribution >= 4 is 17.6 Å². The van der Waals surface area contributed by atoms with Crippen LogP contribution in [0.4, 0.5) is 0 Å². The van der Waals surface area contributed by atoms with E-state index in [-0.39, 0.29) is 11.3 Å². The van der Waals surface area contributed by atoms with Gasteiger partial charge in [0.15, 0.2) is 0 Å². The predicted molar refractivity (Wildman–Crippen MR) is 59.0 cm³/mol. The highest BCUT2D eigenvalue weighted by Crippen LogP contribution is 2.24. The number of carbonyl (C=O) groups is 1. The van der Waals surface area contributed by atoms with E-state index in [4.69, 9.17) is 16.7 Å². The SMILES string of the molecule is O=C(O)c1conc1[C@@H](O)c1ccc(Cl)cc1. The number of nitrogens with zero attached hydrogens (tertiary/aromatic N) is 1. The molecule has 0 fully saturated rings. The summed E-state index contributed by atoms with van der Waals surface area (Å²) >= 11 is 5.71. The van der Waals surface area contributed by atoms with E-state index < -0.39 is 12.1 Å². The lowest BCUT2D eigenvalue weighted by molar-refractivity contribution is 0.0691. The van der Waals surface area contributed by atoms with Crippen molar-refractivity contribution in [1.82, 2.24) is 5.16 Å². The largest absolute Gasteiger partial charge is 0.478 e. The van der Waals surface area contributed by atoms with Gasteiger partial charge in [-0.1, -0.05) is 28.9 Å². The Morgan fingerprint density at radius 1 is 1.35 bits per heavy atom. The van der Waals surface area contributed by atoms with Crippen molar-refractivity contribution in [3.63, 3.8) is 0 Å². The summed E-state index contributed by atoms with van der Waals surface area (Å²) in [6.07, 6.45) is -0.173. The number of hydrogen-bond donors (Lipinski definition) is 2. The number of aromatic nitrogens is 1. The molecule has 0 saturated carbocycles. The summed E-state index contributed by atoms with van der Waals surface area (Å²) in [5, 5.41) is 22.9. The third-order valence-corrected chi connectivity index (χ3v) is 2.52. The van der Waals surface area contributed by atoms with E-state index in [1.807, 2.05) is 0 Å². The Bertz CT molecular complexity index is 535. The molecule has 2 aromatic rings. The molecule has 0 spiro atoms. The molecule has 17 heavy (non-hydrogen) atoms. The Hall–Kier alpha value is -1.85. The molecule has 0 amide bonds. The number of hydrogen-bond acceptors (Lipinski definition) is 4. The van der Waals surface area contributed by atoms with Crippen molar-refractivity contribution in [2.45, 2.75) is 6.10 Å². The summed E-state index contributed by atoms with van der Waals surface area (Å²) in [5.41, 5.74) is 0.304. The molecule has 0 bridgehead atoms. The molecule has 0 radical (unpaired) electrons. The standard InChI is InChI=1S/C11H8ClNO4/c12-7-3-1-6(2-4-7)10(14)9-8(11(15)16)5-17-13-9/h1-5,10,14H,(H,15,16)/t10-/m0/s1. The van der Waals surface area contributed by atoms with Gasteiger partial charge in [0.25, 0.3) is 0 Å². The zero-order valence-corrected chi connectivity index (χ0v) is 9.26. The molecule has 5 nitrogen and oxygen atoms in total. The Kier molecular flexibility index (Phi) is 3.12. The van der Waals surface area contributed by atoms with Crippen LogP contribution in [0.2, 0.25) is 5.02 Å². The summed E-state index contributed by atoms with van der Waals surface area (Å²) in [5.74, 6) is -1.20. The molecule has 0 saturated heterocycles. The maximum Gasteiger partial charge on any atom is 0.341 e. The zero-order chi connectivity index (χ0) is 12.4. The first kappa shape index (κ1) is 11.6. The number of aliphatic hydroxyl groups is 1. The van der Waals surface area contributed by atoms with Crippen LogP contribution >= 0.6 is 11.6 Å². The van der Waals surface area contributed by atoms with E-state index in [9.17, 15) is 9.90 Å². The maximum atomic E-state index is 10.8. The summed E-state index contributed by atoms with van der Waals surface area (Å²) in [4.78, 5) is 10.8. The van der Waals surface area contributed by atoms with Crippen LogP contribution < -0.4 is 0 Å². The molecule has 2 rings (SSSR count). The fourth-order valence-electron chi connectivity index (χ4n) is 1.41. The van der Waals surface area contributed by atoms with Crippen molar-refractivity contribution in [2.75, 3.05) is 0 Å². The van der Waals surface area contributed by atoms with Crippen molar-refractivity contribution in [3.8, 4) is 0 Å². The molecule has 6 heteroatoms. The second kappa shape index (κ2) is 4.57. The molecule has 1 aromatic carbocycles. The Labute approximate surface area is 101 Å². The van der Waals surface area contributed by atoms with Crippen LogP contribution in [0, 0.1) is 0 Å². The molecule has 0 unspecified atom stereocenters. The minimum absolute atomic E-state index is 0.0279. The van der Waals surface area contributed by atoms with E-state index in [0.29, 0.717) is 10.6 Å². The minimum Gasteiger partial charge on any atom is -0.478 e. The van der Waals surface area contributed by atoms with Crippen molar-refractivity contribution < 1.29 is 19.5 Å². The third kappa shape index (κ3) is 2.30. The highest BCUT2D eigenvalue weighted by atomic mass is 35.5. The molecule has 1 aromatic heterocycles. The second-order valence-electron chi connectivity index (χ2n) is 3.37. The molecule has 0 aliphatic carbocycles. The Morgan fingerprint density at radius 3 is 2.59 bits per heavy atom. The van der Waals surface area contributed by atoms with E-state index in [1.165, 1.54) is 0 Å². The maximum absolute atomic E-state index is 10.8. The highest BCUT2D eigenvalue weighted by molar-refractivity contribution is 6.30. The number of rotatable bonds is 3. The molecule has 0 aliphatic heterocycles. The number of halogens is 1. The summed E-state index contributed by atoms with van der Waals surface area (Å²) in [7, 11) is 0. The normalized spacial score (nSPS) is 12.4. The fraction of sp³-hybridized carbons (Fsp3) is 0.0909. The van der Waals surface area contributed by atoms with E-state index in [0.717, 1.165) is 6.26 Å². The molecular formula is C11H8ClNO4. The molecule has 1 atom stereocenters. The van der Waals surface area contributed by atoms with Crippen LogP contribution in [0.15, 0.2) is 35.1 Å². The van der Waals surface area contributed by atoms with Crippen LogP contribution in [-0.4, -0.2) is 21.3 Å². The molecule has 88 valence electrons. The lowest BCUT2D eigenvalue weighted by Crippen LogP contribution is -2.06. The average Bonchev–Trinajstić information content (AvgIpc) is 2.78. The molecule has 0 aliphatic rings. The lowest BCUT2D eigenvalue weighted by atomic mass is 10.0. The topological polar surface area (TPSA) is 83.6 Å². The number of benzene rings is 1. The van der Waals surface area contributed by atoms with Gasteiger partial charge in [-0.3, -0.25) is 0 Å². The summed E-state index contributed by atoms with van der Waals surface area (Å²) < 4.78 is 4.56. The lowest BCUT2D eigenvalue weighted by Gasteiger charge is -2.08. The van der Waals surface area contributed by atoms with Gasteiger partial charge in [-0.05, 0) is 17.7 Å². The van der Waals surface area contributed by atoms with Crippen molar-refractivity contribution in [3.05, 3.63) is 52.4 Å². The van der Waals surface area contributed by atoms with Crippen molar-refractivity contribution in [1.29, 1.82) is 0 Å². The Balaban J connectivity index is 2.36. The van der Waals surface area contributed by atoms with Crippen LogP contribution in [-0.2, 0) is 0 Å².